The smallest absolute Gasteiger partial charge is 0.116 e. The first-order valence-electron chi connectivity index (χ1n) is 3.63. The van der Waals surface area contributed by atoms with Crippen LogP contribution in [0.5, 0.6) is 0 Å². The van der Waals surface area contributed by atoms with Crippen molar-refractivity contribution >= 4 is 0 Å². The Balaban J connectivity index is 2.88. The molecule has 1 nitrogen and oxygen atoms in total. The van der Waals surface area contributed by atoms with E-state index in [1.165, 1.54) is 11.1 Å². The first kappa shape index (κ1) is 7.39. The van der Waals surface area contributed by atoms with Crippen LogP contribution in [0.4, 0.5) is 0 Å². The maximum atomic E-state index is 5.52. The molecule has 0 aromatic carbocycles. The van der Waals surface area contributed by atoms with Gasteiger partial charge in [0, 0.05) is 0 Å². The van der Waals surface area contributed by atoms with Gasteiger partial charge in [0.25, 0.3) is 0 Å². The van der Waals surface area contributed by atoms with Crippen LogP contribution in [0, 0.1) is 0 Å². The van der Waals surface area contributed by atoms with Gasteiger partial charge in [-0.2, -0.15) is 0 Å². The van der Waals surface area contributed by atoms with E-state index in [1.54, 1.807) is 0 Å². The van der Waals surface area contributed by atoms with Crippen molar-refractivity contribution in [3.63, 3.8) is 0 Å². The minimum atomic E-state index is 0.267. The quantitative estimate of drug-likeness (QED) is 0.500. The molecule has 0 fully saturated rings. The fraction of sp³-hybridized carbons (Fsp3) is 0.556. The van der Waals surface area contributed by atoms with E-state index in [9.17, 15) is 0 Å². The van der Waals surface area contributed by atoms with Gasteiger partial charge in [0.1, 0.15) is 6.10 Å². The van der Waals surface area contributed by atoms with Crippen LogP contribution in [0.2, 0.25) is 0 Å². The van der Waals surface area contributed by atoms with Crippen molar-refractivity contribution in [2.45, 2.75) is 33.8 Å². The summed E-state index contributed by atoms with van der Waals surface area (Å²) in [5.74, 6) is 1.05. The minimum Gasteiger partial charge on any atom is -0.491 e. The SMILES string of the molecule is CC1=CC(C)=C(C)OC1C. The lowest BCUT2D eigenvalue weighted by atomic mass is 10.1. The maximum absolute atomic E-state index is 5.52. The highest BCUT2D eigenvalue weighted by Gasteiger charge is 2.11. The van der Waals surface area contributed by atoms with Crippen molar-refractivity contribution in [2.75, 3.05) is 0 Å². The molecule has 0 spiro atoms. The van der Waals surface area contributed by atoms with Crippen LogP contribution < -0.4 is 0 Å². The summed E-state index contributed by atoms with van der Waals surface area (Å²) in [6.45, 7) is 8.25. The second-order valence-electron chi connectivity index (χ2n) is 2.89. The molecular formula is C9H14O. The number of hydrogen-bond donors (Lipinski definition) is 0. The monoisotopic (exact) mass is 138 g/mol. The zero-order valence-corrected chi connectivity index (χ0v) is 7.06. The highest BCUT2D eigenvalue weighted by atomic mass is 16.5. The summed E-state index contributed by atoms with van der Waals surface area (Å²) in [6.07, 6.45) is 2.45. The molecule has 1 atom stereocenters. The van der Waals surface area contributed by atoms with Crippen molar-refractivity contribution in [3.05, 3.63) is 23.0 Å². The van der Waals surface area contributed by atoms with Gasteiger partial charge in [0.05, 0.1) is 5.76 Å². The van der Waals surface area contributed by atoms with E-state index in [-0.39, 0.29) is 6.10 Å². The molecule has 56 valence electrons. The molecule has 1 rings (SSSR count). The lowest BCUT2D eigenvalue weighted by Crippen LogP contribution is -2.12. The molecule has 0 N–H and O–H groups in total. The van der Waals surface area contributed by atoms with Gasteiger partial charge in [-0.05, 0) is 38.8 Å². The predicted octanol–water partition coefficient (Wildman–Crippen LogP) is 2.65. The van der Waals surface area contributed by atoms with Gasteiger partial charge in [0.15, 0.2) is 0 Å². The number of hydrogen-bond acceptors (Lipinski definition) is 1. The average Bonchev–Trinajstić information content (AvgIpc) is 1.84. The molecule has 1 aliphatic rings. The highest BCUT2D eigenvalue weighted by Crippen LogP contribution is 2.21. The Morgan fingerprint density at radius 2 is 1.90 bits per heavy atom. The first-order valence-corrected chi connectivity index (χ1v) is 3.63. The molecule has 10 heavy (non-hydrogen) atoms. The first-order chi connectivity index (χ1) is 4.61. The van der Waals surface area contributed by atoms with E-state index in [1.807, 2.05) is 6.92 Å². The molecule has 0 aromatic rings. The van der Waals surface area contributed by atoms with Gasteiger partial charge in [-0.15, -0.1) is 0 Å². The lowest BCUT2D eigenvalue weighted by Gasteiger charge is -2.21. The second-order valence-corrected chi connectivity index (χ2v) is 2.89. The Hall–Kier alpha value is -0.720. The molecule has 1 aliphatic heterocycles. The van der Waals surface area contributed by atoms with Gasteiger partial charge in [0.2, 0.25) is 0 Å². The molecule has 0 aromatic heterocycles. The van der Waals surface area contributed by atoms with Crippen LogP contribution in [-0.2, 0) is 4.74 Å². The van der Waals surface area contributed by atoms with Crippen LogP contribution >= 0.6 is 0 Å². The Kier molecular flexibility index (Phi) is 1.84. The normalized spacial score (nSPS) is 26.0. The summed E-state index contributed by atoms with van der Waals surface area (Å²) in [5, 5.41) is 0. The molecule has 0 amide bonds. The zero-order valence-electron chi connectivity index (χ0n) is 7.06. The fourth-order valence-corrected chi connectivity index (χ4v) is 1.01. The summed E-state index contributed by atoms with van der Waals surface area (Å²) in [5.41, 5.74) is 2.55. The maximum Gasteiger partial charge on any atom is 0.116 e. The van der Waals surface area contributed by atoms with Crippen LogP contribution in [0.3, 0.4) is 0 Å². The second kappa shape index (κ2) is 2.49. The van der Waals surface area contributed by atoms with E-state index >= 15 is 0 Å². The van der Waals surface area contributed by atoms with Crippen LogP contribution in [0.1, 0.15) is 27.7 Å². The third-order valence-electron chi connectivity index (χ3n) is 1.99. The molecule has 0 bridgehead atoms. The predicted molar refractivity (Wildman–Crippen MR) is 42.7 cm³/mol. The third-order valence-corrected chi connectivity index (χ3v) is 1.99. The Morgan fingerprint density at radius 3 is 2.40 bits per heavy atom. The van der Waals surface area contributed by atoms with Crippen LogP contribution in [0.15, 0.2) is 23.0 Å². The zero-order chi connectivity index (χ0) is 7.72. The Bertz CT molecular complexity index is 199. The Morgan fingerprint density at radius 1 is 1.30 bits per heavy atom. The lowest BCUT2D eigenvalue weighted by molar-refractivity contribution is 0.154. The van der Waals surface area contributed by atoms with Gasteiger partial charge in [-0.3, -0.25) is 0 Å². The van der Waals surface area contributed by atoms with Crippen molar-refractivity contribution in [3.8, 4) is 0 Å². The molecular weight excluding hydrogens is 124 g/mol. The largest absolute Gasteiger partial charge is 0.491 e. The van der Waals surface area contributed by atoms with E-state index in [0.717, 1.165) is 5.76 Å². The van der Waals surface area contributed by atoms with Crippen molar-refractivity contribution < 1.29 is 4.74 Å². The molecule has 0 aliphatic carbocycles. The van der Waals surface area contributed by atoms with Crippen molar-refractivity contribution in [1.82, 2.24) is 0 Å². The summed E-state index contributed by atoms with van der Waals surface area (Å²) in [7, 11) is 0. The summed E-state index contributed by atoms with van der Waals surface area (Å²) in [6, 6.07) is 0. The number of allylic oxidation sites excluding steroid dienone is 3. The topological polar surface area (TPSA) is 9.23 Å². The van der Waals surface area contributed by atoms with Crippen LogP contribution in [0.25, 0.3) is 0 Å². The number of ether oxygens (including phenoxy) is 1. The Labute approximate surface area is 62.4 Å². The third kappa shape index (κ3) is 1.23. The molecule has 0 saturated heterocycles. The summed E-state index contributed by atoms with van der Waals surface area (Å²) >= 11 is 0. The molecule has 1 unspecified atom stereocenters. The highest BCUT2D eigenvalue weighted by molar-refractivity contribution is 5.28. The molecule has 0 saturated carbocycles. The average molecular weight is 138 g/mol. The van der Waals surface area contributed by atoms with Gasteiger partial charge >= 0.3 is 0 Å². The van der Waals surface area contributed by atoms with E-state index in [0.29, 0.717) is 0 Å². The van der Waals surface area contributed by atoms with Gasteiger partial charge in [-0.25, -0.2) is 0 Å². The van der Waals surface area contributed by atoms with E-state index in [2.05, 4.69) is 26.8 Å². The van der Waals surface area contributed by atoms with E-state index < -0.39 is 0 Å². The molecule has 1 heterocycles. The van der Waals surface area contributed by atoms with Crippen LogP contribution in [-0.4, -0.2) is 6.10 Å². The minimum absolute atomic E-state index is 0.267. The van der Waals surface area contributed by atoms with Crippen molar-refractivity contribution in [1.29, 1.82) is 0 Å². The van der Waals surface area contributed by atoms with Crippen molar-refractivity contribution in [2.24, 2.45) is 0 Å². The van der Waals surface area contributed by atoms with Gasteiger partial charge in [-0.1, -0.05) is 6.08 Å². The standard InChI is InChI=1S/C9H14O/c1-6-5-7(2)9(4)10-8(6)3/h5,8H,1-4H3. The van der Waals surface area contributed by atoms with E-state index in [4.69, 9.17) is 4.74 Å². The fourth-order valence-electron chi connectivity index (χ4n) is 1.01. The van der Waals surface area contributed by atoms with Gasteiger partial charge < -0.3 is 4.74 Å². The molecule has 0 radical (unpaired) electrons. The number of rotatable bonds is 0. The summed E-state index contributed by atoms with van der Waals surface area (Å²) < 4.78 is 5.52. The summed E-state index contributed by atoms with van der Waals surface area (Å²) in [4.78, 5) is 0. The molecule has 1 heteroatoms.